The monoisotopic (exact) mass is 371 g/mol. The molecule has 3 fully saturated rings. The maximum Gasteiger partial charge on any atom is 0.227 e. The van der Waals surface area contributed by atoms with E-state index in [1.165, 1.54) is 19.3 Å². The fraction of sp³-hybridized carbons (Fsp3) is 0.800. The highest BCUT2D eigenvalue weighted by Crippen LogP contribution is 2.34. The molecule has 1 aromatic heterocycles. The van der Waals surface area contributed by atoms with E-state index in [0.29, 0.717) is 24.9 Å². The highest BCUT2D eigenvalue weighted by Gasteiger charge is 2.43. The highest BCUT2D eigenvalue weighted by molar-refractivity contribution is 5.89. The maximum absolute atomic E-state index is 12.9. The molecule has 0 bridgehead atoms. The first-order valence-corrected chi connectivity index (χ1v) is 10.7. The van der Waals surface area contributed by atoms with Gasteiger partial charge < -0.3 is 14.4 Å². The third-order valence-electron chi connectivity index (χ3n) is 6.81. The van der Waals surface area contributed by atoms with E-state index in [2.05, 4.69) is 14.8 Å². The number of amides is 2. The Hall–Kier alpha value is -1.92. The number of hydrogen-bond donors (Lipinski definition) is 0. The van der Waals surface area contributed by atoms with Gasteiger partial charge in [-0.15, -0.1) is 10.2 Å². The average Bonchev–Trinajstić information content (AvgIpc) is 3.41. The molecule has 1 atom stereocenters. The molecule has 0 unspecified atom stereocenters. The number of rotatable bonds is 3. The molecule has 4 heterocycles. The predicted octanol–water partition coefficient (Wildman–Crippen LogP) is 1.72. The van der Waals surface area contributed by atoms with Gasteiger partial charge in [0, 0.05) is 51.0 Å². The minimum atomic E-state index is -0.126. The number of piperidine rings is 1. The minimum Gasteiger partial charge on any atom is -0.342 e. The summed E-state index contributed by atoms with van der Waals surface area (Å²) in [5.41, 5.74) is 0. The molecule has 146 valence electrons. The van der Waals surface area contributed by atoms with Gasteiger partial charge in [0.15, 0.2) is 0 Å². The zero-order valence-electron chi connectivity index (χ0n) is 16.0. The standard InChI is InChI=1S/C20H29N5O2/c26-18-12-15(13-25(18)16-5-6-16)20(27)23-10-7-14(8-11-23)19-22-21-17-4-2-1-3-9-24(17)19/h14-16H,1-13H2/t15-/m1/s1. The molecule has 2 saturated heterocycles. The van der Waals surface area contributed by atoms with Crippen molar-refractivity contribution in [3.05, 3.63) is 11.6 Å². The first kappa shape index (κ1) is 17.2. The number of likely N-dealkylation sites (tertiary alicyclic amines) is 2. The van der Waals surface area contributed by atoms with Crippen LogP contribution >= 0.6 is 0 Å². The van der Waals surface area contributed by atoms with Gasteiger partial charge in [-0.25, -0.2) is 0 Å². The molecule has 5 rings (SSSR count). The van der Waals surface area contributed by atoms with Crippen LogP contribution in [0.5, 0.6) is 0 Å². The molecule has 0 N–H and O–H groups in total. The molecular weight excluding hydrogens is 342 g/mol. The topological polar surface area (TPSA) is 71.3 Å². The Labute approximate surface area is 160 Å². The average molecular weight is 371 g/mol. The van der Waals surface area contributed by atoms with E-state index in [0.717, 1.165) is 63.4 Å². The van der Waals surface area contributed by atoms with Crippen LogP contribution in [0.15, 0.2) is 0 Å². The van der Waals surface area contributed by atoms with E-state index in [1.54, 1.807) is 0 Å². The van der Waals surface area contributed by atoms with E-state index in [1.807, 2.05) is 9.80 Å². The summed E-state index contributed by atoms with van der Waals surface area (Å²) in [5, 5.41) is 8.95. The number of fused-ring (bicyclic) bond motifs is 1. The van der Waals surface area contributed by atoms with Crippen molar-refractivity contribution >= 4 is 11.8 Å². The maximum atomic E-state index is 12.9. The van der Waals surface area contributed by atoms with Crippen molar-refractivity contribution in [1.82, 2.24) is 24.6 Å². The summed E-state index contributed by atoms with van der Waals surface area (Å²) < 4.78 is 2.35. The number of nitrogens with zero attached hydrogens (tertiary/aromatic N) is 5. The largest absolute Gasteiger partial charge is 0.342 e. The first-order valence-electron chi connectivity index (χ1n) is 10.7. The fourth-order valence-corrected chi connectivity index (χ4v) is 5.06. The van der Waals surface area contributed by atoms with Crippen LogP contribution in [-0.4, -0.2) is 62.1 Å². The van der Waals surface area contributed by atoms with Crippen molar-refractivity contribution in [2.24, 2.45) is 5.92 Å². The summed E-state index contributed by atoms with van der Waals surface area (Å²) in [6.07, 6.45) is 9.28. The molecule has 7 heteroatoms. The Bertz CT molecular complexity index is 733. The molecule has 3 aliphatic heterocycles. The van der Waals surface area contributed by atoms with Crippen molar-refractivity contribution in [1.29, 1.82) is 0 Å². The normalized spacial score (nSPS) is 27.0. The lowest BCUT2D eigenvalue weighted by atomic mass is 9.94. The third-order valence-corrected chi connectivity index (χ3v) is 6.81. The van der Waals surface area contributed by atoms with Crippen LogP contribution < -0.4 is 0 Å². The summed E-state index contributed by atoms with van der Waals surface area (Å²) in [5.74, 6) is 2.92. The molecule has 1 saturated carbocycles. The summed E-state index contributed by atoms with van der Waals surface area (Å²) in [4.78, 5) is 29.0. The molecule has 4 aliphatic rings. The van der Waals surface area contributed by atoms with Gasteiger partial charge >= 0.3 is 0 Å². The van der Waals surface area contributed by atoms with Gasteiger partial charge in [-0.2, -0.15) is 0 Å². The second-order valence-electron chi connectivity index (χ2n) is 8.71. The summed E-state index contributed by atoms with van der Waals surface area (Å²) in [6, 6.07) is 0.421. The number of carbonyl (C=O) groups is 2. The van der Waals surface area contributed by atoms with E-state index in [4.69, 9.17) is 0 Å². The van der Waals surface area contributed by atoms with Gasteiger partial charge in [0.1, 0.15) is 11.6 Å². The van der Waals surface area contributed by atoms with Crippen molar-refractivity contribution in [3.63, 3.8) is 0 Å². The van der Waals surface area contributed by atoms with Gasteiger partial charge in [0.05, 0.1) is 5.92 Å². The van der Waals surface area contributed by atoms with E-state index >= 15 is 0 Å². The minimum absolute atomic E-state index is 0.126. The Morgan fingerprint density at radius 2 is 1.78 bits per heavy atom. The van der Waals surface area contributed by atoms with Gasteiger partial charge in [0.2, 0.25) is 11.8 Å². The van der Waals surface area contributed by atoms with Gasteiger partial charge in [0.25, 0.3) is 0 Å². The Kier molecular flexibility index (Phi) is 4.40. The smallest absolute Gasteiger partial charge is 0.227 e. The van der Waals surface area contributed by atoms with Crippen LogP contribution in [0.1, 0.15) is 68.9 Å². The van der Waals surface area contributed by atoms with Crippen LogP contribution in [0.3, 0.4) is 0 Å². The number of hydrogen-bond acceptors (Lipinski definition) is 4. The van der Waals surface area contributed by atoms with Crippen LogP contribution in [0.4, 0.5) is 0 Å². The Morgan fingerprint density at radius 3 is 2.56 bits per heavy atom. The second kappa shape index (κ2) is 6.91. The van der Waals surface area contributed by atoms with Gasteiger partial charge in [-0.3, -0.25) is 9.59 Å². The molecule has 2 amide bonds. The Morgan fingerprint density at radius 1 is 0.963 bits per heavy atom. The number of aryl methyl sites for hydroxylation is 1. The zero-order valence-corrected chi connectivity index (χ0v) is 16.0. The van der Waals surface area contributed by atoms with Gasteiger partial charge in [-0.1, -0.05) is 6.42 Å². The Balaban J connectivity index is 1.20. The third kappa shape index (κ3) is 3.25. The summed E-state index contributed by atoms with van der Waals surface area (Å²) in [7, 11) is 0. The van der Waals surface area contributed by atoms with Crippen molar-refractivity contribution in [2.75, 3.05) is 19.6 Å². The number of aromatic nitrogens is 3. The summed E-state index contributed by atoms with van der Waals surface area (Å²) >= 11 is 0. The van der Waals surface area contributed by atoms with E-state index < -0.39 is 0 Å². The first-order chi connectivity index (χ1) is 13.2. The molecule has 0 spiro atoms. The van der Waals surface area contributed by atoms with E-state index in [-0.39, 0.29) is 17.7 Å². The molecule has 1 aliphatic carbocycles. The lowest BCUT2D eigenvalue weighted by Gasteiger charge is -2.33. The van der Waals surface area contributed by atoms with E-state index in [9.17, 15) is 9.59 Å². The second-order valence-corrected chi connectivity index (χ2v) is 8.71. The predicted molar refractivity (Wildman–Crippen MR) is 99.0 cm³/mol. The number of carbonyl (C=O) groups excluding carboxylic acids is 2. The zero-order chi connectivity index (χ0) is 18.4. The van der Waals surface area contributed by atoms with Crippen LogP contribution in [0, 0.1) is 5.92 Å². The SMILES string of the molecule is O=C([C@@H]1CC(=O)N(C2CC2)C1)N1CCC(c2nnc3n2CCCCC3)CC1. The van der Waals surface area contributed by atoms with Crippen LogP contribution in [0.25, 0.3) is 0 Å². The van der Waals surface area contributed by atoms with Crippen molar-refractivity contribution in [2.45, 2.75) is 76.3 Å². The van der Waals surface area contributed by atoms with Crippen LogP contribution in [-0.2, 0) is 22.6 Å². The molecule has 1 aromatic rings. The lowest BCUT2D eigenvalue weighted by Crippen LogP contribution is -2.42. The highest BCUT2D eigenvalue weighted by atomic mass is 16.2. The quantitative estimate of drug-likeness (QED) is 0.811. The van der Waals surface area contributed by atoms with Crippen molar-refractivity contribution in [3.8, 4) is 0 Å². The molecule has 0 radical (unpaired) electrons. The van der Waals surface area contributed by atoms with Crippen LogP contribution in [0.2, 0.25) is 0 Å². The molecule has 7 nitrogen and oxygen atoms in total. The molecule has 0 aromatic carbocycles. The van der Waals surface area contributed by atoms with Gasteiger partial charge in [-0.05, 0) is 38.5 Å². The molecular formula is C20H29N5O2. The molecule has 27 heavy (non-hydrogen) atoms. The fourth-order valence-electron chi connectivity index (χ4n) is 5.06. The summed E-state index contributed by atoms with van der Waals surface area (Å²) in [6.45, 7) is 3.23. The van der Waals surface area contributed by atoms with Crippen molar-refractivity contribution < 1.29 is 9.59 Å². The lowest BCUT2D eigenvalue weighted by molar-refractivity contribution is -0.136.